The van der Waals surface area contributed by atoms with Crippen LogP contribution in [0.4, 0.5) is 14.5 Å². The molecule has 7 heteroatoms. The molecule has 0 atom stereocenters. The fourth-order valence-electron chi connectivity index (χ4n) is 1.75. The number of hydrogen-bond donors (Lipinski definition) is 1. The quantitative estimate of drug-likeness (QED) is 0.701. The summed E-state index contributed by atoms with van der Waals surface area (Å²) in [5, 5.41) is 4.14. The molecule has 0 spiro atoms. The minimum Gasteiger partial charge on any atom is -0.324 e. The molecule has 0 aliphatic rings. The molecule has 2 heterocycles. The smallest absolute Gasteiger partial charge is 0.141 e. The molecule has 0 amide bonds. The number of halogens is 3. The monoisotopic (exact) mass is 355 g/mol. The van der Waals surface area contributed by atoms with E-state index >= 15 is 0 Å². The van der Waals surface area contributed by atoms with Gasteiger partial charge in [-0.25, -0.2) is 13.3 Å². The van der Waals surface area contributed by atoms with Crippen molar-refractivity contribution in [2.75, 3.05) is 4.72 Å². The summed E-state index contributed by atoms with van der Waals surface area (Å²) < 4.78 is 32.0. The summed E-state index contributed by atoms with van der Waals surface area (Å²) in [4.78, 5) is 0.323. The number of nitrogens with one attached hydrogen (secondary N) is 1. The number of rotatable bonds is 3. The molecule has 3 rings (SSSR count). The van der Waals surface area contributed by atoms with Gasteiger partial charge in [0.15, 0.2) is 0 Å². The summed E-state index contributed by atoms with van der Waals surface area (Å²) in [6.45, 7) is 0. The predicted molar refractivity (Wildman–Crippen MR) is 78.7 cm³/mol. The molecule has 1 N–H and O–H groups in total. The van der Waals surface area contributed by atoms with Crippen molar-refractivity contribution in [2.24, 2.45) is 0 Å². The first-order valence-electron chi connectivity index (χ1n) is 5.64. The Morgan fingerprint density at radius 1 is 1.20 bits per heavy atom. The summed E-state index contributed by atoms with van der Waals surface area (Å²) in [7, 11) is 0. The summed E-state index contributed by atoms with van der Waals surface area (Å²) >= 11 is 4.47. The highest BCUT2D eigenvalue weighted by atomic mass is 79.9. The topological polar surface area (TPSA) is 29.3 Å². The molecule has 3 nitrogen and oxygen atoms in total. The van der Waals surface area contributed by atoms with Crippen molar-refractivity contribution in [1.82, 2.24) is 9.61 Å². The van der Waals surface area contributed by atoms with E-state index in [9.17, 15) is 8.78 Å². The van der Waals surface area contributed by atoms with Crippen LogP contribution in [0.2, 0.25) is 0 Å². The zero-order valence-electron chi connectivity index (χ0n) is 9.98. The average molecular weight is 356 g/mol. The van der Waals surface area contributed by atoms with E-state index in [0.717, 1.165) is 33.7 Å². The Labute approximate surface area is 126 Å². The van der Waals surface area contributed by atoms with Crippen LogP contribution in [0.5, 0.6) is 0 Å². The molecule has 0 aliphatic heterocycles. The number of fused-ring (bicyclic) bond motifs is 1. The van der Waals surface area contributed by atoms with Gasteiger partial charge in [0.1, 0.15) is 11.6 Å². The largest absolute Gasteiger partial charge is 0.324 e. The predicted octanol–water partition coefficient (Wildman–Crippen LogP) is 4.49. The van der Waals surface area contributed by atoms with E-state index in [2.05, 4.69) is 25.8 Å². The van der Waals surface area contributed by atoms with E-state index < -0.39 is 11.6 Å². The van der Waals surface area contributed by atoms with Crippen LogP contribution >= 0.6 is 27.9 Å². The molecule has 102 valence electrons. The van der Waals surface area contributed by atoms with E-state index in [0.29, 0.717) is 4.90 Å². The molecule has 0 unspecified atom stereocenters. The molecular weight excluding hydrogens is 348 g/mol. The van der Waals surface area contributed by atoms with Crippen LogP contribution in [0.3, 0.4) is 0 Å². The number of benzene rings is 1. The minimum absolute atomic E-state index is 0.323. The maximum atomic E-state index is 13.6. The van der Waals surface area contributed by atoms with Crippen molar-refractivity contribution < 1.29 is 8.78 Å². The highest BCUT2D eigenvalue weighted by Crippen LogP contribution is 2.28. The van der Waals surface area contributed by atoms with Crippen molar-refractivity contribution in [3.8, 4) is 0 Å². The van der Waals surface area contributed by atoms with Crippen molar-refractivity contribution >= 4 is 39.1 Å². The van der Waals surface area contributed by atoms with Gasteiger partial charge in [0, 0.05) is 16.7 Å². The van der Waals surface area contributed by atoms with Crippen molar-refractivity contribution in [2.45, 2.75) is 4.90 Å². The Hall–Kier alpha value is -1.60. The second-order valence-electron chi connectivity index (χ2n) is 4.01. The Kier molecular flexibility index (Phi) is 3.62. The molecule has 2 aromatic heterocycles. The highest BCUT2D eigenvalue weighted by Gasteiger charge is 2.08. The van der Waals surface area contributed by atoms with Crippen LogP contribution in [-0.4, -0.2) is 9.61 Å². The average Bonchev–Trinajstić information content (AvgIpc) is 2.85. The van der Waals surface area contributed by atoms with E-state index in [1.54, 1.807) is 10.7 Å². The van der Waals surface area contributed by atoms with Gasteiger partial charge in [-0.2, -0.15) is 5.10 Å². The zero-order valence-corrected chi connectivity index (χ0v) is 12.4. The first-order chi connectivity index (χ1) is 9.63. The van der Waals surface area contributed by atoms with E-state index in [1.165, 1.54) is 12.1 Å². The van der Waals surface area contributed by atoms with Crippen LogP contribution in [0.25, 0.3) is 5.52 Å². The molecule has 0 saturated carbocycles. The minimum atomic E-state index is -0.595. The van der Waals surface area contributed by atoms with Crippen molar-refractivity contribution in [3.63, 3.8) is 0 Å². The lowest BCUT2D eigenvalue weighted by Gasteiger charge is -2.08. The van der Waals surface area contributed by atoms with E-state index in [1.807, 2.05) is 18.3 Å². The van der Waals surface area contributed by atoms with Gasteiger partial charge in [-0.15, -0.1) is 0 Å². The molecule has 20 heavy (non-hydrogen) atoms. The first kappa shape index (κ1) is 13.4. The standard InChI is InChI=1S/C13H8BrF2N3S/c14-8-5-11(12-3-4-17-19(12)7-8)18-20-13-2-1-9(15)6-10(13)16/h1-7,18H. The summed E-state index contributed by atoms with van der Waals surface area (Å²) in [5.41, 5.74) is 1.65. The van der Waals surface area contributed by atoms with Crippen molar-refractivity contribution in [1.29, 1.82) is 0 Å². The van der Waals surface area contributed by atoms with E-state index in [4.69, 9.17) is 0 Å². The molecule has 0 aliphatic carbocycles. The third-order valence-corrected chi connectivity index (χ3v) is 3.95. The summed E-state index contributed by atoms with van der Waals surface area (Å²) in [6.07, 6.45) is 3.50. The fourth-order valence-corrected chi connectivity index (χ4v) is 2.84. The zero-order chi connectivity index (χ0) is 14.1. The van der Waals surface area contributed by atoms with Crippen LogP contribution in [-0.2, 0) is 0 Å². The number of pyridine rings is 1. The second-order valence-corrected chi connectivity index (χ2v) is 5.78. The Morgan fingerprint density at radius 2 is 2.05 bits per heavy atom. The molecule has 0 bridgehead atoms. The third kappa shape index (κ3) is 2.64. The summed E-state index contributed by atoms with van der Waals surface area (Å²) in [5.74, 6) is -1.19. The number of anilines is 1. The Bertz CT molecular complexity index is 775. The van der Waals surface area contributed by atoms with Gasteiger partial charge >= 0.3 is 0 Å². The maximum Gasteiger partial charge on any atom is 0.141 e. The Morgan fingerprint density at radius 3 is 2.85 bits per heavy atom. The van der Waals surface area contributed by atoms with Gasteiger partial charge in [-0.1, -0.05) is 0 Å². The van der Waals surface area contributed by atoms with Gasteiger partial charge in [0.05, 0.1) is 22.3 Å². The van der Waals surface area contributed by atoms with Crippen LogP contribution in [0, 0.1) is 11.6 Å². The molecule has 0 saturated heterocycles. The molecule has 0 fully saturated rings. The van der Waals surface area contributed by atoms with Gasteiger partial charge in [-0.05, 0) is 52.1 Å². The lowest BCUT2D eigenvalue weighted by Crippen LogP contribution is -1.94. The lowest BCUT2D eigenvalue weighted by atomic mass is 10.3. The summed E-state index contributed by atoms with van der Waals surface area (Å²) in [6, 6.07) is 7.19. The number of nitrogens with zero attached hydrogens (tertiary/aromatic N) is 2. The maximum absolute atomic E-state index is 13.6. The van der Waals surface area contributed by atoms with Gasteiger partial charge in [0.2, 0.25) is 0 Å². The van der Waals surface area contributed by atoms with Crippen LogP contribution in [0.1, 0.15) is 0 Å². The normalized spacial score (nSPS) is 10.9. The molecular formula is C13H8BrF2N3S. The molecule has 3 aromatic rings. The second kappa shape index (κ2) is 5.41. The number of hydrogen-bond acceptors (Lipinski definition) is 3. The van der Waals surface area contributed by atoms with Crippen molar-refractivity contribution in [3.05, 3.63) is 58.8 Å². The van der Waals surface area contributed by atoms with Gasteiger partial charge in [-0.3, -0.25) is 0 Å². The lowest BCUT2D eigenvalue weighted by molar-refractivity contribution is 0.566. The highest BCUT2D eigenvalue weighted by molar-refractivity contribution is 9.10. The number of aromatic nitrogens is 2. The van der Waals surface area contributed by atoms with Gasteiger partial charge < -0.3 is 4.72 Å². The molecule has 0 radical (unpaired) electrons. The van der Waals surface area contributed by atoms with Crippen LogP contribution < -0.4 is 4.72 Å². The third-order valence-electron chi connectivity index (χ3n) is 2.64. The van der Waals surface area contributed by atoms with Crippen LogP contribution in [0.15, 0.2) is 52.1 Å². The SMILES string of the molecule is Fc1ccc(SNc2cc(Br)cn3nccc23)c(F)c1. The molecule has 1 aromatic carbocycles. The first-order valence-corrected chi connectivity index (χ1v) is 7.25. The fraction of sp³-hybridized carbons (Fsp3) is 0. The van der Waals surface area contributed by atoms with Gasteiger partial charge in [0.25, 0.3) is 0 Å². The Balaban J connectivity index is 1.88. The van der Waals surface area contributed by atoms with E-state index in [-0.39, 0.29) is 0 Å².